The summed E-state index contributed by atoms with van der Waals surface area (Å²) in [4.78, 5) is 12.5. The molecule has 1 aromatic carbocycles. The predicted octanol–water partition coefficient (Wildman–Crippen LogP) is 5.85. The molecule has 0 radical (unpaired) electrons. The van der Waals surface area contributed by atoms with Crippen LogP contribution in [-0.4, -0.2) is 0 Å². The highest BCUT2D eigenvalue weighted by atomic mass is 16.4. The summed E-state index contributed by atoms with van der Waals surface area (Å²) in [6, 6.07) is 4.10. The number of unbranched alkanes of at least 4 members (excludes halogenated alkanes) is 3. The van der Waals surface area contributed by atoms with Gasteiger partial charge in [-0.05, 0) is 50.7 Å². The van der Waals surface area contributed by atoms with E-state index >= 15 is 0 Å². The molecule has 25 heavy (non-hydrogen) atoms. The van der Waals surface area contributed by atoms with E-state index in [0.717, 1.165) is 53.5 Å². The number of fused-ring (bicyclic) bond motifs is 4. The molecule has 0 atom stereocenters. The fourth-order valence-electron chi connectivity index (χ4n) is 4.16. The van der Waals surface area contributed by atoms with E-state index in [2.05, 4.69) is 19.9 Å². The topological polar surface area (TPSA) is 43.4 Å². The van der Waals surface area contributed by atoms with Gasteiger partial charge in [-0.25, -0.2) is 4.79 Å². The fraction of sp³-hybridized carbons (Fsp3) is 0.500. The quantitative estimate of drug-likeness (QED) is 0.433. The minimum atomic E-state index is -0.183. The Morgan fingerprint density at radius 1 is 0.960 bits per heavy atom. The van der Waals surface area contributed by atoms with Crippen LogP contribution >= 0.6 is 0 Å². The summed E-state index contributed by atoms with van der Waals surface area (Å²) in [5.74, 6) is 1.12. The van der Waals surface area contributed by atoms with Gasteiger partial charge in [-0.2, -0.15) is 0 Å². The first kappa shape index (κ1) is 16.4. The predicted molar refractivity (Wildman–Crippen MR) is 101 cm³/mol. The van der Waals surface area contributed by atoms with E-state index in [4.69, 9.17) is 8.83 Å². The van der Waals surface area contributed by atoms with Crippen molar-refractivity contribution in [3.63, 3.8) is 0 Å². The maximum Gasteiger partial charge on any atom is 0.339 e. The van der Waals surface area contributed by atoms with Crippen molar-refractivity contribution >= 4 is 21.9 Å². The molecular weight excluding hydrogens is 312 g/mol. The molecule has 4 rings (SSSR count). The molecule has 0 N–H and O–H groups in total. The van der Waals surface area contributed by atoms with Crippen LogP contribution in [0.2, 0.25) is 0 Å². The Kier molecular flexibility index (Phi) is 4.41. The molecule has 2 heterocycles. The normalized spacial score (nSPS) is 14.3. The van der Waals surface area contributed by atoms with E-state index in [-0.39, 0.29) is 5.63 Å². The first-order valence-corrected chi connectivity index (χ1v) is 9.69. The number of benzene rings is 1. The summed E-state index contributed by atoms with van der Waals surface area (Å²) in [7, 11) is 0. The van der Waals surface area contributed by atoms with Crippen molar-refractivity contribution in [2.75, 3.05) is 0 Å². The Bertz CT molecular complexity index is 974. The van der Waals surface area contributed by atoms with Gasteiger partial charge < -0.3 is 8.83 Å². The van der Waals surface area contributed by atoms with Gasteiger partial charge in [-0.1, -0.05) is 26.2 Å². The average molecular weight is 338 g/mol. The number of rotatable bonds is 5. The SMILES string of the molecule is CCCCCCc1c(C)c2cc3c4c(oc3cc2oc1=O)CCCC4. The molecule has 3 aromatic rings. The van der Waals surface area contributed by atoms with Crippen molar-refractivity contribution < 1.29 is 8.83 Å². The molecule has 0 saturated heterocycles. The lowest BCUT2D eigenvalue weighted by molar-refractivity contribution is 0.504. The largest absolute Gasteiger partial charge is 0.461 e. The molecule has 1 aliphatic carbocycles. The second-order valence-electron chi connectivity index (χ2n) is 7.36. The zero-order chi connectivity index (χ0) is 17.4. The smallest absolute Gasteiger partial charge is 0.339 e. The Morgan fingerprint density at radius 3 is 2.60 bits per heavy atom. The van der Waals surface area contributed by atoms with Gasteiger partial charge in [0.05, 0.1) is 0 Å². The van der Waals surface area contributed by atoms with Gasteiger partial charge >= 0.3 is 5.63 Å². The monoisotopic (exact) mass is 338 g/mol. The van der Waals surface area contributed by atoms with Crippen LogP contribution in [0, 0.1) is 6.92 Å². The molecule has 0 bridgehead atoms. The minimum absolute atomic E-state index is 0.183. The van der Waals surface area contributed by atoms with Crippen LogP contribution in [-0.2, 0) is 19.3 Å². The highest BCUT2D eigenvalue weighted by Crippen LogP contribution is 2.35. The molecule has 0 unspecified atom stereocenters. The number of hydrogen-bond donors (Lipinski definition) is 0. The van der Waals surface area contributed by atoms with E-state index in [1.165, 1.54) is 43.1 Å². The van der Waals surface area contributed by atoms with E-state index in [9.17, 15) is 4.79 Å². The number of hydrogen-bond acceptors (Lipinski definition) is 3. The fourth-order valence-corrected chi connectivity index (χ4v) is 4.16. The molecule has 0 aliphatic heterocycles. The zero-order valence-electron chi connectivity index (χ0n) is 15.2. The highest BCUT2D eigenvalue weighted by molar-refractivity contribution is 5.97. The van der Waals surface area contributed by atoms with E-state index in [0.29, 0.717) is 5.58 Å². The lowest BCUT2D eigenvalue weighted by atomic mass is 9.94. The zero-order valence-corrected chi connectivity index (χ0v) is 15.2. The summed E-state index contributed by atoms with van der Waals surface area (Å²) < 4.78 is 11.7. The second kappa shape index (κ2) is 6.70. The van der Waals surface area contributed by atoms with Gasteiger partial charge in [0.15, 0.2) is 0 Å². The van der Waals surface area contributed by atoms with Gasteiger partial charge in [0, 0.05) is 34.4 Å². The summed E-state index contributed by atoms with van der Waals surface area (Å²) in [5, 5.41) is 2.27. The second-order valence-corrected chi connectivity index (χ2v) is 7.36. The molecule has 1 aliphatic rings. The molecule has 0 fully saturated rings. The Labute approximate surface area is 148 Å². The van der Waals surface area contributed by atoms with E-state index < -0.39 is 0 Å². The summed E-state index contributed by atoms with van der Waals surface area (Å²) in [5.41, 5.74) is 4.61. The van der Waals surface area contributed by atoms with Crippen molar-refractivity contribution in [2.24, 2.45) is 0 Å². The maximum atomic E-state index is 12.5. The van der Waals surface area contributed by atoms with Gasteiger partial charge in [0.1, 0.15) is 16.9 Å². The van der Waals surface area contributed by atoms with Crippen LogP contribution in [0.4, 0.5) is 0 Å². The van der Waals surface area contributed by atoms with Crippen LogP contribution in [0.5, 0.6) is 0 Å². The van der Waals surface area contributed by atoms with Crippen molar-refractivity contribution in [3.8, 4) is 0 Å². The summed E-state index contributed by atoms with van der Waals surface area (Å²) in [6.07, 6.45) is 9.99. The van der Waals surface area contributed by atoms with E-state index in [1.54, 1.807) is 0 Å². The van der Waals surface area contributed by atoms with Gasteiger partial charge in [0.25, 0.3) is 0 Å². The minimum Gasteiger partial charge on any atom is -0.461 e. The van der Waals surface area contributed by atoms with Crippen LogP contribution in [0.1, 0.15) is 67.9 Å². The van der Waals surface area contributed by atoms with Crippen molar-refractivity contribution in [3.05, 3.63) is 45.0 Å². The van der Waals surface area contributed by atoms with Crippen LogP contribution < -0.4 is 5.63 Å². The maximum absolute atomic E-state index is 12.5. The Balaban J connectivity index is 1.81. The molecule has 0 spiro atoms. The third-order valence-corrected chi connectivity index (χ3v) is 5.64. The van der Waals surface area contributed by atoms with Gasteiger partial charge in [0.2, 0.25) is 0 Å². The van der Waals surface area contributed by atoms with Crippen molar-refractivity contribution in [1.29, 1.82) is 0 Å². The Morgan fingerprint density at radius 2 is 1.76 bits per heavy atom. The lowest BCUT2D eigenvalue weighted by Gasteiger charge is -2.09. The number of aryl methyl sites for hydroxylation is 3. The summed E-state index contributed by atoms with van der Waals surface area (Å²) >= 11 is 0. The van der Waals surface area contributed by atoms with Crippen LogP contribution in [0.3, 0.4) is 0 Å². The molecule has 2 aromatic heterocycles. The van der Waals surface area contributed by atoms with Gasteiger partial charge in [-0.3, -0.25) is 0 Å². The number of furan rings is 1. The Hall–Kier alpha value is -2.03. The van der Waals surface area contributed by atoms with Crippen LogP contribution in [0.25, 0.3) is 21.9 Å². The first-order valence-electron chi connectivity index (χ1n) is 9.69. The average Bonchev–Trinajstić information content (AvgIpc) is 2.97. The molecular formula is C22H26O3. The lowest BCUT2D eigenvalue weighted by Crippen LogP contribution is -2.10. The van der Waals surface area contributed by atoms with Crippen molar-refractivity contribution in [1.82, 2.24) is 0 Å². The molecule has 0 amide bonds. The molecule has 132 valence electrons. The third-order valence-electron chi connectivity index (χ3n) is 5.64. The third kappa shape index (κ3) is 2.90. The molecule has 3 heteroatoms. The molecule has 0 saturated carbocycles. The van der Waals surface area contributed by atoms with Crippen molar-refractivity contribution in [2.45, 2.75) is 71.6 Å². The van der Waals surface area contributed by atoms with Crippen LogP contribution in [0.15, 0.2) is 25.8 Å². The summed E-state index contributed by atoms with van der Waals surface area (Å²) in [6.45, 7) is 4.26. The molecule has 3 nitrogen and oxygen atoms in total. The first-order chi connectivity index (χ1) is 12.2. The standard InChI is InChI=1S/C22H26O3/c1-3-4-5-6-9-15-14(2)17-12-18-16-10-7-8-11-19(16)24-21(18)13-20(17)25-22(15)23/h12-13H,3-11H2,1-2H3. The highest BCUT2D eigenvalue weighted by Gasteiger charge is 2.20. The van der Waals surface area contributed by atoms with E-state index in [1.807, 2.05) is 6.07 Å². The van der Waals surface area contributed by atoms with Gasteiger partial charge in [-0.15, -0.1) is 0 Å².